The Balaban J connectivity index is 2.49. The highest BCUT2D eigenvalue weighted by molar-refractivity contribution is 7.80. The number of aliphatic hydroxyl groups excluding tert-OH is 4. The van der Waals surface area contributed by atoms with Gasteiger partial charge in [0.2, 0.25) is 5.91 Å². The number of unbranched alkanes of at least 4 members (excludes halogenated alkanes) is 25. The fraction of sp³-hybridized carbons (Fsp3) is 0.932. The van der Waals surface area contributed by atoms with Gasteiger partial charge in [0.1, 0.15) is 24.4 Å². The molecule has 1 amide bonds. The van der Waals surface area contributed by atoms with E-state index in [4.69, 9.17) is 9.47 Å². The largest absolute Gasteiger partial charge is 0.397 e. The second kappa shape index (κ2) is 35.6. The molecule has 0 aromatic heterocycles. The predicted octanol–water partition coefficient (Wildman–Crippen LogP) is 8.77. The van der Waals surface area contributed by atoms with Crippen LogP contribution < -0.4 is 5.32 Å². The lowest BCUT2D eigenvalue weighted by Crippen LogP contribution is -2.61. The second-order valence-electron chi connectivity index (χ2n) is 16.3. The van der Waals surface area contributed by atoms with Gasteiger partial charge in [0.05, 0.1) is 25.4 Å². The number of aliphatic hydroxyl groups is 4. The summed E-state index contributed by atoms with van der Waals surface area (Å²) in [4.78, 5) is 13.0. The van der Waals surface area contributed by atoms with Crippen LogP contribution in [-0.4, -0.2) is 95.4 Å². The Labute approximate surface area is 347 Å². The van der Waals surface area contributed by atoms with Crippen molar-refractivity contribution < 1.29 is 51.8 Å². The molecular weight excluding hydrogens is 751 g/mol. The van der Waals surface area contributed by atoms with Gasteiger partial charge in [0, 0.05) is 6.42 Å². The average molecular weight is 836 g/mol. The highest BCUT2D eigenvalue weighted by Gasteiger charge is 2.48. The summed E-state index contributed by atoms with van der Waals surface area (Å²) in [5.41, 5.74) is 0. The van der Waals surface area contributed by atoms with Gasteiger partial charge in [0.15, 0.2) is 6.29 Å². The van der Waals surface area contributed by atoms with Crippen LogP contribution in [0.3, 0.4) is 0 Å². The quantitative estimate of drug-likeness (QED) is 0.0197. The lowest BCUT2D eigenvalue weighted by Gasteiger charge is -2.41. The molecule has 0 aromatic rings. The van der Waals surface area contributed by atoms with E-state index in [0.29, 0.717) is 12.8 Å². The van der Waals surface area contributed by atoms with Crippen LogP contribution >= 0.6 is 0 Å². The second-order valence-corrected chi connectivity index (χ2v) is 17.4. The standard InChI is InChI=1S/C44H85NO11S/c1-3-5-7-9-11-13-15-17-18-19-20-22-24-26-28-30-32-34-40(48)45-37(38(47)33-31-29-27-25-23-21-16-14-12-10-8-6-4-2)36-54-44-42(50)43(56-57(51,52)53)41(49)39(35-46)55-44/h17-18,37-39,41-44,46-47,49-50H,3-16,19-36H2,1-2H3,(H,45,48)(H,51,52,53)/b18-17-. The van der Waals surface area contributed by atoms with Gasteiger partial charge in [-0.2, -0.15) is 8.42 Å². The third-order valence-electron chi connectivity index (χ3n) is 11.1. The van der Waals surface area contributed by atoms with E-state index in [0.717, 1.165) is 51.4 Å². The van der Waals surface area contributed by atoms with Gasteiger partial charge >= 0.3 is 10.4 Å². The number of allylic oxidation sites excluding steroid dienone is 2. The van der Waals surface area contributed by atoms with Gasteiger partial charge in [-0.05, 0) is 38.5 Å². The smallest absolute Gasteiger partial charge is 0.394 e. The molecule has 338 valence electrons. The Morgan fingerprint density at radius 2 is 1.12 bits per heavy atom. The molecule has 1 aliphatic heterocycles. The fourth-order valence-corrected chi connectivity index (χ4v) is 7.96. The number of hydrogen-bond donors (Lipinski definition) is 6. The first kappa shape index (κ1) is 53.9. The molecule has 7 unspecified atom stereocenters. The van der Waals surface area contributed by atoms with Crippen LogP contribution in [0, 0.1) is 0 Å². The minimum absolute atomic E-state index is 0.234. The number of nitrogens with one attached hydrogen (secondary N) is 1. The summed E-state index contributed by atoms with van der Waals surface area (Å²) in [5, 5.41) is 44.8. The Kier molecular flexibility index (Phi) is 33.6. The van der Waals surface area contributed by atoms with Crippen LogP contribution in [0.4, 0.5) is 0 Å². The van der Waals surface area contributed by atoms with Crippen LogP contribution in [0.2, 0.25) is 0 Å². The highest BCUT2D eigenvalue weighted by atomic mass is 32.3. The maximum atomic E-state index is 13.0. The minimum Gasteiger partial charge on any atom is -0.394 e. The van der Waals surface area contributed by atoms with E-state index in [1.165, 1.54) is 122 Å². The molecule has 0 radical (unpaired) electrons. The third-order valence-corrected chi connectivity index (χ3v) is 11.5. The third kappa shape index (κ3) is 28.9. The van der Waals surface area contributed by atoms with Crippen molar-refractivity contribution in [1.29, 1.82) is 0 Å². The topological polar surface area (TPSA) is 192 Å². The summed E-state index contributed by atoms with van der Waals surface area (Å²) in [6.45, 7) is 3.43. The van der Waals surface area contributed by atoms with Gasteiger partial charge in [-0.3, -0.25) is 9.35 Å². The van der Waals surface area contributed by atoms with Crippen LogP contribution in [-0.2, 0) is 28.9 Å². The van der Waals surface area contributed by atoms with E-state index in [9.17, 15) is 38.2 Å². The molecular formula is C44H85NO11S. The number of ether oxygens (including phenoxy) is 2. The summed E-state index contributed by atoms with van der Waals surface area (Å²) in [6, 6.07) is -0.856. The van der Waals surface area contributed by atoms with E-state index >= 15 is 0 Å². The number of hydrogen-bond acceptors (Lipinski definition) is 10. The molecule has 1 saturated heterocycles. The Morgan fingerprint density at radius 1 is 0.684 bits per heavy atom. The van der Waals surface area contributed by atoms with Crippen molar-refractivity contribution >= 4 is 16.3 Å². The first-order valence-corrected chi connectivity index (χ1v) is 24.4. The summed E-state index contributed by atoms with van der Waals surface area (Å²) in [5.74, 6) is -0.234. The first-order chi connectivity index (χ1) is 27.5. The maximum Gasteiger partial charge on any atom is 0.397 e. The van der Waals surface area contributed by atoms with Crippen LogP contribution in [0.15, 0.2) is 12.2 Å². The maximum absolute atomic E-state index is 13.0. The molecule has 1 fully saturated rings. The summed E-state index contributed by atoms with van der Waals surface area (Å²) < 4.78 is 47.6. The van der Waals surface area contributed by atoms with E-state index in [2.05, 4.69) is 35.5 Å². The molecule has 1 heterocycles. The van der Waals surface area contributed by atoms with Gasteiger partial charge in [0.25, 0.3) is 0 Å². The SMILES string of the molecule is CCCCCCCC/C=C\CCCCCCCCCC(=O)NC(COC1OC(CO)C(O)C(OS(=O)(=O)O)C1O)C(O)CCCCCCCCCCCCCCC. The molecule has 0 aromatic carbocycles. The van der Waals surface area contributed by atoms with Crippen molar-refractivity contribution in [1.82, 2.24) is 5.32 Å². The number of carbonyl (C=O) groups excluding carboxylic acids is 1. The normalized spacial score (nSPS) is 21.3. The Bertz CT molecular complexity index is 1080. The number of carbonyl (C=O) groups is 1. The lowest BCUT2D eigenvalue weighted by atomic mass is 9.99. The van der Waals surface area contributed by atoms with E-state index < -0.39 is 59.9 Å². The fourth-order valence-electron chi connectivity index (χ4n) is 7.45. The summed E-state index contributed by atoms with van der Waals surface area (Å²) in [7, 11) is -5.07. The molecule has 6 N–H and O–H groups in total. The molecule has 13 heteroatoms. The predicted molar refractivity (Wildman–Crippen MR) is 227 cm³/mol. The van der Waals surface area contributed by atoms with Gasteiger partial charge < -0.3 is 35.2 Å². The van der Waals surface area contributed by atoms with Crippen molar-refractivity contribution in [3.63, 3.8) is 0 Å². The van der Waals surface area contributed by atoms with Crippen molar-refractivity contribution in [2.45, 2.75) is 249 Å². The summed E-state index contributed by atoms with van der Waals surface area (Å²) >= 11 is 0. The van der Waals surface area contributed by atoms with Crippen molar-refractivity contribution in [2.75, 3.05) is 13.2 Å². The van der Waals surface area contributed by atoms with E-state index in [1.54, 1.807) is 0 Å². The molecule has 0 saturated carbocycles. The zero-order valence-corrected chi connectivity index (χ0v) is 36.7. The van der Waals surface area contributed by atoms with E-state index in [-0.39, 0.29) is 18.9 Å². The van der Waals surface area contributed by atoms with Crippen molar-refractivity contribution in [2.24, 2.45) is 0 Å². The van der Waals surface area contributed by atoms with Gasteiger partial charge in [-0.1, -0.05) is 174 Å². The number of rotatable bonds is 39. The van der Waals surface area contributed by atoms with Crippen LogP contribution in [0.5, 0.6) is 0 Å². The zero-order valence-electron chi connectivity index (χ0n) is 35.9. The molecule has 1 rings (SSSR count). The molecule has 0 bridgehead atoms. The average Bonchev–Trinajstić information content (AvgIpc) is 3.18. The van der Waals surface area contributed by atoms with Crippen LogP contribution in [0.25, 0.3) is 0 Å². The zero-order chi connectivity index (χ0) is 42.0. The lowest BCUT2D eigenvalue weighted by molar-refractivity contribution is -0.298. The first-order valence-electron chi connectivity index (χ1n) is 23.1. The minimum atomic E-state index is -5.07. The monoisotopic (exact) mass is 836 g/mol. The Hall–Kier alpha value is -1.16. The highest BCUT2D eigenvalue weighted by Crippen LogP contribution is 2.26. The molecule has 57 heavy (non-hydrogen) atoms. The van der Waals surface area contributed by atoms with Crippen molar-refractivity contribution in [3.8, 4) is 0 Å². The van der Waals surface area contributed by atoms with E-state index in [1.807, 2.05) is 0 Å². The molecule has 0 spiro atoms. The molecule has 12 nitrogen and oxygen atoms in total. The van der Waals surface area contributed by atoms with Crippen molar-refractivity contribution in [3.05, 3.63) is 12.2 Å². The summed E-state index contributed by atoms with van der Waals surface area (Å²) in [6.07, 6.45) is 29.2. The Morgan fingerprint density at radius 3 is 1.58 bits per heavy atom. The molecule has 7 atom stereocenters. The van der Waals surface area contributed by atoms with Gasteiger partial charge in [-0.25, -0.2) is 4.18 Å². The molecule has 1 aliphatic rings. The number of amides is 1. The molecule has 0 aliphatic carbocycles. The van der Waals surface area contributed by atoms with Gasteiger partial charge in [-0.15, -0.1) is 0 Å². The van der Waals surface area contributed by atoms with Crippen LogP contribution in [0.1, 0.15) is 206 Å².